The Hall–Kier alpha value is -0.570. The highest BCUT2D eigenvalue weighted by Gasteiger charge is 2.25. The number of aliphatic imine (C=N–C) groups is 1. The Morgan fingerprint density at radius 3 is 2.67 bits per heavy atom. The predicted octanol–water partition coefficient (Wildman–Crippen LogP) is 1.05. The minimum absolute atomic E-state index is 0. The van der Waals surface area contributed by atoms with Crippen LogP contribution in [0.25, 0.3) is 0 Å². The third-order valence-corrected chi connectivity index (χ3v) is 3.54. The Morgan fingerprint density at radius 2 is 2.19 bits per heavy atom. The summed E-state index contributed by atoms with van der Waals surface area (Å²) >= 11 is 0. The molecule has 21 heavy (non-hydrogen) atoms. The summed E-state index contributed by atoms with van der Waals surface area (Å²) in [5.41, 5.74) is 4.75. The summed E-state index contributed by atoms with van der Waals surface area (Å²) in [6.07, 6.45) is 1.09. The zero-order valence-corrected chi connectivity index (χ0v) is 15.8. The fourth-order valence-corrected chi connectivity index (χ4v) is 2.02. The summed E-state index contributed by atoms with van der Waals surface area (Å²) in [7, 11) is 2.01. The number of carbonyl (C=O) groups excluding carboxylic acids is 1. The van der Waals surface area contributed by atoms with Gasteiger partial charge in [-0.05, 0) is 27.2 Å². The van der Waals surface area contributed by atoms with E-state index in [-0.39, 0.29) is 29.9 Å². The standard InChI is InChI=1S/C14H28N4O2.HI/c1-5-16-13(17-10-14(2,3)12(15)19)18(4)8-11-6-7-20-9-11;/h11H,5-10H2,1-4H3,(H2,15,19)(H,16,17);1H. The number of ether oxygens (including phenoxy) is 1. The van der Waals surface area contributed by atoms with E-state index in [4.69, 9.17) is 10.5 Å². The van der Waals surface area contributed by atoms with Gasteiger partial charge in [-0.1, -0.05) is 0 Å². The van der Waals surface area contributed by atoms with Crippen LogP contribution in [0, 0.1) is 11.3 Å². The minimum Gasteiger partial charge on any atom is -0.381 e. The molecule has 1 unspecified atom stereocenters. The molecule has 1 fully saturated rings. The lowest BCUT2D eigenvalue weighted by Crippen LogP contribution is -2.43. The molecular formula is C14H29IN4O2. The molecule has 0 saturated carbocycles. The van der Waals surface area contributed by atoms with Crippen LogP contribution in [-0.4, -0.2) is 56.7 Å². The SMILES string of the molecule is CCNC(=NCC(C)(C)C(N)=O)N(C)CC1CCOC1.I. The first-order chi connectivity index (χ1) is 9.36. The van der Waals surface area contributed by atoms with Gasteiger partial charge in [-0.15, -0.1) is 24.0 Å². The Morgan fingerprint density at radius 1 is 1.52 bits per heavy atom. The number of primary amides is 1. The molecule has 0 aromatic rings. The molecular weight excluding hydrogens is 383 g/mol. The fourth-order valence-electron chi connectivity index (χ4n) is 2.02. The van der Waals surface area contributed by atoms with E-state index in [2.05, 4.69) is 15.2 Å². The van der Waals surface area contributed by atoms with Crippen molar-refractivity contribution in [2.45, 2.75) is 27.2 Å². The lowest BCUT2D eigenvalue weighted by Gasteiger charge is -2.26. The van der Waals surface area contributed by atoms with Crippen molar-refractivity contribution in [1.82, 2.24) is 10.2 Å². The Bertz CT molecular complexity index is 355. The largest absolute Gasteiger partial charge is 0.381 e. The highest BCUT2D eigenvalue weighted by Crippen LogP contribution is 2.15. The van der Waals surface area contributed by atoms with Crippen molar-refractivity contribution < 1.29 is 9.53 Å². The van der Waals surface area contributed by atoms with Gasteiger partial charge >= 0.3 is 0 Å². The number of carbonyl (C=O) groups is 1. The Labute approximate surface area is 144 Å². The molecule has 124 valence electrons. The van der Waals surface area contributed by atoms with Crippen molar-refractivity contribution in [3.63, 3.8) is 0 Å². The molecule has 0 radical (unpaired) electrons. The molecule has 0 bridgehead atoms. The number of hydrogen-bond donors (Lipinski definition) is 2. The fraction of sp³-hybridized carbons (Fsp3) is 0.857. The Kier molecular flexibility index (Phi) is 9.19. The number of guanidine groups is 1. The van der Waals surface area contributed by atoms with Crippen molar-refractivity contribution in [3.8, 4) is 0 Å². The summed E-state index contributed by atoms with van der Waals surface area (Å²) in [5, 5.41) is 3.25. The number of nitrogens with one attached hydrogen (secondary N) is 1. The average molecular weight is 412 g/mol. The molecule has 1 aliphatic heterocycles. The van der Waals surface area contributed by atoms with E-state index in [1.165, 1.54) is 0 Å². The van der Waals surface area contributed by atoms with Gasteiger partial charge in [-0.3, -0.25) is 9.79 Å². The normalized spacial score (nSPS) is 19.0. The molecule has 1 amide bonds. The van der Waals surface area contributed by atoms with Crippen LogP contribution in [0.3, 0.4) is 0 Å². The second kappa shape index (κ2) is 9.45. The van der Waals surface area contributed by atoms with Crippen LogP contribution in [0.15, 0.2) is 4.99 Å². The number of nitrogens with two attached hydrogens (primary N) is 1. The lowest BCUT2D eigenvalue weighted by molar-refractivity contribution is -0.125. The van der Waals surface area contributed by atoms with Crippen molar-refractivity contribution >= 4 is 35.8 Å². The maximum atomic E-state index is 11.3. The first kappa shape index (κ1) is 20.4. The molecule has 6 nitrogen and oxygen atoms in total. The van der Waals surface area contributed by atoms with Gasteiger partial charge in [0.15, 0.2) is 5.96 Å². The second-order valence-electron chi connectivity index (χ2n) is 6.03. The molecule has 7 heteroatoms. The van der Waals surface area contributed by atoms with E-state index in [0.29, 0.717) is 12.5 Å². The van der Waals surface area contributed by atoms with Gasteiger partial charge in [0.1, 0.15) is 0 Å². The molecule has 1 saturated heterocycles. The van der Waals surface area contributed by atoms with Gasteiger partial charge in [0.25, 0.3) is 0 Å². The van der Waals surface area contributed by atoms with E-state index >= 15 is 0 Å². The first-order valence-corrected chi connectivity index (χ1v) is 7.24. The molecule has 1 rings (SSSR count). The highest BCUT2D eigenvalue weighted by atomic mass is 127. The predicted molar refractivity (Wildman–Crippen MR) is 95.9 cm³/mol. The van der Waals surface area contributed by atoms with Gasteiger partial charge in [0, 0.05) is 32.7 Å². The van der Waals surface area contributed by atoms with Gasteiger partial charge in [0.05, 0.1) is 18.6 Å². The number of nitrogens with zero attached hydrogens (tertiary/aromatic N) is 2. The maximum Gasteiger partial charge on any atom is 0.224 e. The first-order valence-electron chi connectivity index (χ1n) is 7.24. The van der Waals surface area contributed by atoms with Crippen LogP contribution in [0.4, 0.5) is 0 Å². The van der Waals surface area contributed by atoms with Crippen molar-refractivity contribution in [3.05, 3.63) is 0 Å². The molecule has 1 heterocycles. The van der Waals surface area contributed by atoms with E-state index in [0.717, 1.165) is 38.7 Å². The van der Waals surface area contributed by atoms with Gasteiger partial charge in [0.2, 0.25) is 5.91 Å². The van der Waals surface area contributed by atoms with Crippen LogP contribution < -0.4 is 11.1 Å². The molecule has 0 aromatic heterocycles. The summed E-state index contributed by atoms with van der Waals surface area (Å²) in [5.74, 6) is 1.03. The van der Waals surface area contributed by atoms with E-state index in [1.54, 1.807) is 0 Å². The van der Waals surface area contributed by atoms with E-state index in [9.17, 15) is 4.79 Å². The quantitative estimate of drug-likeness (QED) is 0.388. The molecule has 0 aromatic carbocycles. The molecule has 1 atom stereocenters. The van der Waals surface area contributed by atoms with Crippen molar-refractivity contribution in [2.24, 2.45) is 22.1 Å². The summed E-state index contributed by atoms with van der Waals surface area (Å²) in [6.45, 7) is 9.40. The molecule has 0 spiro atoms. The zero-order chi connectivity index (χ0) is 15.2. The number of halogens is 1. The number of rotatable bonds is 6. The smallest absolute Gasteiger partial charge is 0.224 e. The topological polar surface area (TPSA) is 79.9 Å². The Balaban J connectivity index is 0.00000400. The van der Waals surface area contributed by atoms with Gasteiger partial charge < -0.3 is 20.7 Å². The molecule has 0 aliphatic carbocycles. The maximum absolute atomic E-state index is 11.3. The lowest BCUT2D eigenvalue weighted by atomic mass is 9.93. The van der Waals surface area contributed by atoms with Crippen LogP contribution >= 0.6 is 24.0 Å². The zero-order valence-electron chi connectivity index (χ0n) is 13.5. The van der Waals surface area contributed by atoms with E-state index < -0.39 is 5.41 Å². The van der Waals surface area contributed by atoms with Gasteiger partial charge in [-0.2, -0.15) is 0 Å². The van der Waals surface area contributed by atoms with Gasteiger partial charge in [-0.25, -0.2) is 0 Å². The van der Waals surface area contributed by atoms with Crippen LogP contribution in [0.2, 0.25) is 0 Å². The van der Waals surface area contributed by atoms with Crippen LogP contribution in [0.1, 0.15) is 27.2 Å². The minimum atomic E-state index is -0.627. The summed E-state index contributed by atoms with van der Waals surface area (Å²) in [4.78, 5) is 18.0. The van der Waals surface area contributed by atoms with Crippen LogP contribution in [0.5, 0.6) is 0 Å². The highest BCUT2D eigenvalue weighted by molar-refractivity contribution is 14.0. The third-order valence-electron chi connectivity index (χ3n) is 3.54. The second-order valence-corrected chi connectivity index (χ2v) is 6.03. The van der Waals surface area contributed by atoms with Crippen molar-refractivity contribution in [1.29, 1.82) is 0 Å². The monoisotopic (exact) mass is 412 g/mol. The number of hydrogen-bond acceptors (Lipinski definition) is 3. The van der Waals surface area contributed by atoms with Crippen molar-refractivity contribution in [2.75, 3.05) is 39.9 Å². The van der Waals surface area contributed by atoms with Crippen LogP contribution in [-0.2, 0) is 9.53 Å². The third kappa shape index (κ3) is 6.82. The number of amides is 1. The molecule has 3 N–H and O–H groups in total. The average Bonchev–Trinajstić information content (AvgIpc) is 2.86. The van der Waals surface area contributed by atoms with E-state index in [1.807, 2.05) is 27.8 Å². The summed E-state index contributed by atoms with van der Waals surface area (Å²) in [6, 6.07) is 0. The molecule has 1 aliphatic rings. The summed E-state index contributed by atoms with van der Waals surface area (Å²) < 4.78 is 5.40.